The van der Waals surface area contributed by atoms with Crippen LogP contribution in [0.25, 0.3) is 0 Å². The number of carboxylic acids is 1. The van der Waals surface area contributed by atoms with Gasteiger partial charge in [-0.3, -0.25) is 0 Å². The number of hydrogen-bond donors (Lipinski definition) is 1. The van der Waals surface area contributed by atoms with Crippen LogP contribution in [0.2, 0.25) is 10.0 Å². The maximum Gasteiger partial charge on any atom is 0.387 e. The van der Waals surface area contributed by atoms with Crippen molar-refractivity contribution in [2.24, 2.45) is 0 Å². The first-order chi connectivity index (χ1) is 8.84. The molecule has 0 heterocycles. The van der Waals surface area contributed by atoms with Crippen LogP contribution >= 0.6 is 23.2 Å². The van der Waals surface area contributed by atoms with Gasteiger partial charge >= 0.3 is 12.6 Å². The van der Waals surface area contributed by atoms with Gasteiger partial charge in [-0.2, -0.15) is 8.78 Å². The van der Waals surface area contributed by atoms with Gasteiger partial charge < -0.3 is 19.3 Å². The normalized spacial score (nSPS) is 10.5. The molecule has 0 fully saturated rings. The number of carbonyl (C=O) groups is 1. The Balaban J connectivity index is 3.70. The molecule has 0 saturated carbocycles. The molecule has 0 aliphatic rings. The average molecular weight is 317 g/mol. The summed E-state index contributed by atoms with van der Waals surface area (Å²) in [6.07, 6.45) is 0. The molecule has 1 aromatic rings. The van der Waals surface area contributed by atoms with Crippen molar-refractivity contribution in [2.45, 2.75) is 6.61 Å². The van der Waals surface area contributed by atoms with E-state index in [-0.39, 0.29) is 16.5 Å². The van der Waals surface area contributed by atoms with Gasteiger partial charge in [0, 0.05) is 0 Å². The molecule has 0 atom stereocenters. The molecular formula is C10H8Cl2F2O5. The average Bonchev–Trinajstić information content (AvgIpc) is 2.32. The molecule has 106 valence electrons. The molecule has 1 N–H and O–H groups in total. The zero-order valence-electron chi connectivity index (χ0n) is 9.67. The van der Waals surface area contributed by atoms with Crippen LogP contribution < -0.4 is 14.2 Å². The van der Waals surface area contributed by atoms with Crippen LogP contribution in [0.1, 0.15) is 10.4 Å². The molecule has 0 radical (unpaired) electrons. The van der Waals surface area contributed by atoms with E-state index in [1.807, 2.05) is 0 Å². The van der Waals surface area contributed by atoms with Crippen molar-refractivity contribution in [3.63, 3.8) is 0 Å². The van der Waals surface area contributed by atoms with E-state index in [1.54, 1.807) is 0 Å². The topological polar surface area (TPSA) is 65.0 Å². The largest absolute Gasteiger partial charge is 0.494 e. The Morgan fingerprint density at radius 3 is 1.95 bits per heavy atom. The molecule has 0 unspecified atom stereocenters. The Morgan fingerprint density at radius 1 is 1.11 bits per heavy atom. The van der Waals surface area contributed by atoms with Crippen molar-refractivity contribution < 1.29 is 32.9 Å². The van der Waals surface area contributed by atoms with Crippen LogP contribution in [0, 0.1) is 0 Å². The highest BCUT2D eigenvalue weighted by molar-refractivity contribution is 6.40. The Bertz CT molecular complexity index is 507. The summed E-state index contributed by atoms with van der Waals surface area (Å²) in [5.41, 5.74) is -0.710. The Hall–Kier alpha value is -1.47. The van der Waals surface area contributed by atoms with E-state index < -0.39 is 28.9 Å². The van der Waals surface area contributed by atoms with Crippen LogP contribution in [0.4, 0.5) is 8.78 Å². The number of benzene rings is 1. The van der Waals surface area contributed by atoms with Gasteiger partial charge in [-0.15, -0.1) is 0 Å². The van der Waals surface area contributed by atoms with Crippen LogP contribution in [0.5, 0.6) is 17.2 Å². The van der Waals surface area contributed by atoms with E-state index in [1.165, 1.54) is 7.11 Å². The predicted octanol–water partition coefficient (Wildman–Crippen LogP) is 3.31. The summed E-state index contributed by atoms with van der Waals surface area (Å²) in [6, 6.07) is 0. The van der Waals surface area contributed by atoms with E-state index in [2.05, 4.69) is 4.74 Å². The number of aromatic carboxylic acids is 1. The minimum Gasteiger partial charge on any atom is -0.494 e. The lowest BCUT2D eigenvalue weighted by Crippen LogP contribution is -2.11. The molecule has 1 rings (SSSR count). The third-order valence-electron chi connectivity index (χ3n) is 2.08. The summed E-state index contributed by atoms with van der Waals surface area (Å²) in [5.74, 6) is -2.96. The molecule has 0 amide bonds. The summed E-state index contributed by atoms with van der Waals surface area (Å²) < 4.78 is 38.4. The van der Waals surface area contributed by atoms with E-state index in [0.717, 1.165) is 7.11 Å². The number of halogens is 4. The van der Waals surface area contributed by atoms with Crippen LogP contribution in [0.15, 0.2) is 0 Å². The highest BCUT2D eigenvalue weighted by Crippen LogP contribution is 2.49. The predicted molar refractivity (Wildman–Crippen MR) is 63.2 cm³/mol. The van der Waals surface area contributed by atoms with E-state index >= 15 is 0 Å². The van der Waals surface area contributed by atoms with Crippen LogP contribution in [-0.2, 0) is 0 Å². The molecule has 0 aliphatic carbocycles. The van der Waals surface area contributed by atoms with Crippen LogP contribution in [0.3, 0.4) is 0 Å². The van der Waals surface area contributed by atoms with Crippen molar-refractivity contribution in [1.29, 1.82) is 0 Å². The lowest BCUT2D eigenvalue weighted by molar-refractivity contribution is -0.0504. The zero-order valence-corrected chi connectivity index (χ0v) is 11.2. The van der Waals surface area contributed by atoms with Gasteiger partial charge in [0.15, 0.2) is 17.2 Å². The molecule has 0 aliphatic heterocycles. The van der Waals surface area contributed by atoms with E-state index in [4.69, 9.17) is 37.8 Å². The standard InChI is InChI=1S/C10H8Cl2F2O5/c1-17-6-3(9(15)16)7(19-10(13)14)5(12)8(18-2)4(6)11/h10H,1-2H3,(H,15,16). The second kappa shape index (κ2) is 6.12. The summed E-state index contributed by atoms with van der Waals surface area (Å²) in [7, 11) is 2.30. The zero-order chi connectivity index (χ0) is 14.7. The summed E-state index contributed by atoms with van der Waals surface area (Å²) >= 11 is 11.6. The number of rotatable bonds is 5. The van der Waals surface area contributed by atoms with E-state index in [0.29, 0.717) is 0 Å². The molecule has 9 heteroatoms. The van der Waals surface area contributed by atoms with Crippen LogP contribution in [-0.4, -0.2) is 31.9 Å². The third-order valence-corrected chi connectivity index (χ3v) is 2.77. The SMILES string of the molecule is COc1c(Cl)c(OC)c(C(=O)O)c(OC(F)F)c1Cl. The second-order valence-electron chi connectivity index (χ2n) is 3.08. The first-order valence-corrected chi connectivity index (χ1v) is 5.41. The van der Waals surface area contributed by atoms with E-state index in [9.17, 15) is 13.6 Å². The van der Waals surface area contributed by atoms with Gasteiger partial charge in [0.2, 0.25) is 0 Å². The minimum atomic E-state index is -3.27. The first-order valence-electron chi connectivity index (χ1n) is 4.66. The number of alkyl halides is 2. The Morgan fingerprint density at radius 2 is 1.58 bits per heavy atom. The van der Waals surface area contributed by atoms with Gasteiger partial charge in [0.05, 0.1) is 14.2 Å². The maximum absolute atomic E-state index is 12.3. The van der Waals surface area contributed by atoms with Gasteiger partial charge in [-0.25, -0.2) is 4.79 Å². The van der Waals surface area contributed by atoms with Crippen molar-refractivity contribution >= 4 is 29.2 Å². The Kier molecular flexibility index (Phi) is 5.02. The second-order valence-corrected chi connectivity index (χ2v) is 3.84. The minimum absolute atomic E-state index is 0.221. The number of carboxylic acid groups (broad SMARTS) is 1. The highest BCUT2D eigenvalue weighted by Gasteiger charge is 2.30. The van der Waals surface area contributed by atoms with Gasteiger partial charge in [-0.05, 0) is 0 Å². The quantitative estimate of drug-likeness (QED) is 0.902. The summed E-state index contributed by atoms with van der Waals surface area (Å²) in [6.45, 7) is -3.27. The van der Waals surface area contributed by atoms with Gasteiger partial charge in [0.1, 0.15) is 15.6 Å². The lowest BCUT2D eigenvalue weighted by Gasteiger charge is -2.17. The molecule has 0 spiro atoms. The molecule has 0 aromatic heterocycles. The fourth-order valence-electron chi connectivity index (χ4n) is 1.39. The number of methoxy groups -OCH3 is 2. The van der Waals surface area contributed by atoms with Crippen molar-refractivity contribution in [1.82, 2.24) is 0 Å². The highest BCUT2D eigenvalue weighted by atomic mass is 35.5. The molecule has 0 bridgehead atoms. The molecule has 1 aromatic carbocycles. The first kappa shape index (κ1) is 15.6. The fourth-order valence-corrected chi connectivity index (χ4v) is 2.09. The summed E-state index contributed by atoms with van der Waals surface area (Å²) in [4.78, 5) is 11.1. The Labute approximate surface area is 116 Å². The van der Waals surface area contributed by atoms with Crippen molar-refractivity contribution in [3.8, 4) is 17.2 Å². The molecule has 5 nitrogen and oxygen atoms in total. The van der Waals surface area contributed by atoms with Crippen molar-refractivity contribution in [3.05, 3.63) is 15.6 Å². The van der Waals surface area contributed by atoms with Crippen molar-refractivity contribution in [2.75, 3.05) is 14.2 Å². The van der Waals surface area contributed by atoms with Gasteiger partial charge in [-0.1, -0.05) is 23.2 Å². The molecular weight excluding hydrogens is 309 g/mol. The third kappa shape index (κ3) is 2.93. The fraction of sp³-hybridized carbons (Fsp3) is 0.300. The smallest absolute Gasteiger partial charge is 0.387 e. The molecule has 0 saturated heterocycles. The summed E-state index contributed by atoms with van der Waals surface area (Å²) in [5, 5.41) is 8.30. The maximum atomic E-state index is 12.3. The number of ether oxygens (including phenoxy) is 3. The molecule has 19 heavy (non-hydrogen) atoms. The van der Waals surface area contributed by atoms with Gasteiger partial charge in [0.25, 0.3) is 0 Å². The monoisotopic (exact) mass is 316 g/mol. The number of hydrogen-bond acceptors (Lipinski definition) is 4. The lowest BCUT2D eigenvalue weighted by atomic mass is 10.1.